The monoisotopic (exact) mass is 355 g/mol. The fourth-order valence-electron chi connectivity index (χ4n) is 2.39. The number of anilines is 1. The van der Waals surface area contributed by atoms with Crippen LogP contribution in [0.3, 0.4) is 0 Å². The van der Waals surface area contributed by atoms with Gasteiger partial charge in [-0.1, -0.05) is 6.08 Å². The van der Waals surface area contributed by atoms with Crippen molar-refractivity contribution in [2.45, 2.75) is 12.6 Å². The van der Waals surface area contributed by atoms with Crippen molar-refractivity contribution in [3.63, 3.8) is 0 Å². The average Bonchev–Trinajstić information content (AvgIpc) is 2.46. The van der Waals surface area contributed by atoms with E-state index in [1.54, 1.807) is 12.3 Å². The Labute approximate surface area is 133 Å². The molecule has 1 unspecified atom stereocenters. The Hall–Kier alpha value is -1.18. The Morgan fingerprint density at radius 1 is 1.52 bits per heavy atom. The zero-order valence-corrected chi connectivity index (χ0v) is 14.1. The molecule has 2 rings (SSSR count). The molecule has 0 radical (unpaired) electrons. The first-order chi connectivity index (χ1) is 10.0. The van der Waals surface area contributed by atoms with Crippen LogP contribution in [0.5, 0.6) is 0 Å². The second-order valence-electron chi connectivity index (χ2n) is 5.43. The van der Waals surface area contributed by atoms with Gasteiger partial charge in [0.15, 0.2) is 0 Å². The summed E-state index contributed by atoms with van der Waals surface area (Å²) in [5.74, 6) is 0. The van der Waals surface area contributed by atoms with Crippen LogP contribution in [0.2, 0.25) is 0 Å². The fraction of sp³-hybridized carbons (Fsp3) is 0.571. The molecule has 1 aliphatic rings. The van der Waals surface area contributed by atoms with E-state index < -0.39 is 0 Å². The molecule has 0 aliphatic carbocycles. The van der Waals surface area contributed by atoms with E-state index in [0.717, 1.165) is 31.9 Å². The molecule has 2 heterocycles. The van der Waals surface area contributed by atoms with Gasteiger partial charge in [0, 0.05) is 32.2 Å². The number of piperazine rings is 1. The van der Waals surface area contributed by atoms with E-state index in [1.165, 1.54) is 4.68 Å². The number of hydrogen-bond donors (Lipinski definition) is 1. The van der Waals surface area contributed by atoms with Gasteiger partial charge in [0.1, 0.15) is 4.47 Å². The highest BCUT2D eigenvalue weighted by molar-refractivity contribution is 9.10. The summed E-state index contributed by atoms with van der Waals surface area (Å²) in [6, 6.07) is 0.422. The van der Waals surface area contributed by atoms with Gasteiger partial charge in [-0.05, 0) is 30.0 Å². The summed E-state index contributed by atoms with van der Waals surface area (Å²) in [4.78, 5) is 16.8. The molecule has 7 heteroatoms. The molecule has 1 aromatic heterocycles. The lowest BCUT2D eigenvalue weighted by atomic mass is 10.2. The molecular weight excluding hydrogens is 334 g/mol. The largest absolute Gasteiger partial charge is 0.381 e. The van der Waals surface area contributed by atoms with Crippen LogP contribution in [0.4, 0.5) is 5.69 Å². The topological polar surface area (TPSA) is 53.4 Å². The predicted octanol–water partition coefficient (Wildman–Crippen LogP) is 0.849. The van der Waals surface area contributed by atoms with Crippen molar-refractivity contribution >= 4 is 21.6 Å². The smallest absolute Gasteiger partial charge is 0.283 e. The summed E-state index contributed by atoms with van der Waals surface area (Å²) in [7, 11) is 4.27. The number of rotatable bonds is 5. The molecule has 1 saturated heterocycles. The average molecular weight is 356 g/mol. The maximum atomic E-state index is 12.1. The second kappa shape index (κ2) is 7.20. The first-order valence-electron chi connectivity index (χ1n) is 7.02. The Morgan fingerprint density at radius 2 is 2.29 bits per heavy atom. The van der Waals surface area contributed by atoms with E-state index in [4.69, 9.17) is 0 Å². The van der Waals surface area contributed by atoms with Gasteiger partial charge < -0.3 is 10.2 Å². The van der Waals surface area contributed by atoms with Crippen molar-refractivity contribution in [3.05, 3.63) is 33.7 Å². The van der Waals surface area contributed by atoms with Crippen molar-refractivity contribution in [2.75, 3.05) is 45.6 Å². The highest BCUT2D eigenvalue weighted by atomic mass is 79.9. The quantitative estimate of drug-likeness (QED) is 0.793. The summed E-state index contributed by atoms with van der Waals surface area (Å²) >= 11 is 3.36. The third-order valence-corrected chi connectivity index (χ3v) is 4.56. The van der Waals surface area contributed by atoms with E-state index >= 15 is 0 Å². The minimum Gasteiger partial charge on any atom is -0.381 e. The predicted molar refractivity (Wildman–Crippen MR) is 88.8 cm³/mol. The van der Waals surface area contributed by atoms with Gasteiger partial charge in [-0.15, -0.1) is 6.58 Å². The van der Waals surface area contributed by atoms with Crippen LogP contribution >= 0.6 is 15.9 Å². The lowest BCUT2D eigenvalue weighted by molar-refractivity contribution is 0.122. The summed E-state index contributed by atoms with van der Waals surface area (Å²) < 4.78 is 1.90. The third kappa shape index (κ3) is 3.93. The maximum Gasteiger partial charge on any atom is 0.283 e. The normalized spacial score (nSPS) is 20.4. The zero-order valence-electron chi connectivity index (χ0n) is 12.5. The minimum atomic E-state index is -0.144. The van der Waals surface area contributed by atoms with E-state index in [9.17, 15) is 4.79 Å². The van der Waals surface area contributed by atoms with Crippen LogP contribution in [0.25, 0.3) is 0 Å². The molecule has 1 aliphatic heterocycles. The minimum absolute atomic E-state index is 0.144. The van der Waals surface area contributed by atoms with E-state index in [0.29, 0.717) is 17.1 Å². The maximum absolute atomic E-state index is 12.1. The van der Waals surface area contributed by atoms with Crippen LogP contribution < -0.4 is 10.9 Å². The molecule has 0 saturated carbocycles. The second-order valence-corrected chi connectivity index (χ2v) is 6.22. The summed E-state index contributed by atoms with van der Waals surface area (Å²) in [5, 5.41) is 7.47. The van der Waals surface area contributed by atoms with Gasteiger partial charge in [-0.25, -0.2) is 4.68 Å². The SMILES string of the molecule is C=CCn1ncc(NCC2CN(C)CCN2C)c(Br)c1=O. The summed E-state index contributed by atoms with van der Waals surface area (Å²) in [5.41, 5.74) is 0.593. The molecule has 21 heavy (non-hydrogen) atoms. The molecule has 6 nitrogen and oxygen atoms in total. The Bertz CT molecular complexity index is 559. The van der Waals surface area contributed by atoms with Gasteiger partial charge in [0.05, 0.1) is 18.4 Å². The lowest BCUT2D eigenvalue weighted by Gasteiger charge is -2.37. The van der Waals surface area contributed by atoms with Gasteiger partial charge in [0.2, 0.25) is 0 Å². The van der Waals surface area contributed by atoms with Crippen LogP contribution in [0.1, 0.15) is 0 Å². The number of aromatic nitrogens is 2. The molecule has 1 atom stereocenters. The first kappa shape index (κ1) is 16.2. The van der Waals surface area contributed by atoms with Crippen molar-refractivity contribution in [1.82, 2.24) is 19.6 Å². The highest BCUT2D eigenvalue weighted by Crippen LogP contribution is 2.17. The number of halogens is 1. The van der Waals surface area contributed by atoms with Gasteiger partial charge in [-0.2, -0.15) is 5.10 Å². The van der Waals surface area contributed by atoms with E-state index in [2.05, 4.69) is 56.8 Å². The van der Waals surface area contributed by atoms with Crippen LogP contribution in [0, 0.1) is 0 Å². The van der Waals surface area contributed by atoms with E-state index in [-0.39, 0.29) is 5.56 Å². The molecule has 0 bridgehead atoms. The Morgan fingerprint density at radius 3 is 3.00 bits per heavy atom. The number of hydrogen-bond acceptors (Lipinski definition) is 5. The van der Waals surface area contributed by atoms with Crippen molar-refractivity contribution in [1.29, 1.82) is 0 Å². The molecule has 1 aromatic rings. The van der Waals surface area contributed by atoms with Gasteiger partial charge in [-0.3, -0.25) is 9.69 Å². The molecule has 0 aromatic carbocycles. The Kier molecular flexibility index (Phi) is 5.55. The molecule has 1 fully saturated rings. The zero-order chi connectivity index (χ0) is 15.4. The van der Waals surface area contributed by atoms with E-state index in [1.807, 2.05) is 0 Å². The molecule has 1 N–H and O–H groups in total. The van der Waals surface area contributed by atoms with Gasteiger partial charge in [0.25, 0.3) is 5.56 Å². The molecule has 116 valence electrons. The fourth-order valence-corrected chi connectivity index (χ4v) is 2.84. The molecule has 0 amide bonds. The third-order valence-electron chi connectivity index (χ3n) is 3.80. The van der Waals surface area contributed by atoms with Crippen molar-refractivity contribution in [2.24, 2.45) is 0 Å². The number of likely N-dealkylation sites (N-methyl/N-ethyl adjacent to an activating group) is 2. The summed E-state index contributed by atoms with van der Waals surface area (Å²) in [6.45, 7) is 7.98. The van der Waals surface area contributed by atoms with Crippen molar-refractivity contribution in [3.8, 4) is 0 Å². The number of nitrogens with zero attached hydrogens (tertiary/aromatic N) is 4. The summed E-state index contributed by atoms with van der Waals surface area (Å²) in [6.07, 6.45) is 3.34. The van der Waals surface area contributed by atoms with Gasteiger partial charge >= 0.3 is 0 Å². The van der Waals surface area contributed by atoms with Crippen LogP contribution in [-0.4, -0.2) is 65.9 Å². The molecule has 0 spiro atoms. The lowest BCUT2D eigenvalue weighted by Crippen LogP contribution is -2.52. The Balaban J connectivity index is 2.05. The standard InChI is InChI=1S/C14H22BrN5O/c1-4-5-20-14(21)13(15)12(9-17-20)16-8-11-10-18(2)6-7-19(11)3/h4,9,11,16H,1,5-8,10H2,2-3H3. The molecular formula is C14H22BrN5O. The number of allylic oxidation sites excluding steroid dienone is 1. The first-order valence-corrected chi connectivity index (χ1v) is 7.81. The van der Waals surface area contributed by atoms with Crippen LogP contribution in [0.15, 0.2) is 28.1 Å². The highest BCUT2D eigenvalue weighted by Gasteiger charge is 2.22. The van der Waals surface area contributed by atoms with Crippen molar-refractivity contribution < 1.29 is 0 Å². The number of nitrogens with one attached hydrogen (secondary N) is 1. The van der Waals surface area contributed by atoms with Crippen LogP contribution in [-0.2, 0) is 6.54 Å².